The van der Waals surface area contributed by atoms with E-state index >= 15 is 0 Å². The maximum Gasteiger partial charge on any atom is 0.306 e. The third-order valence-corrected chi connectivity index (χ3v) is 5.51. The Morgan fingerprint density at radius 1 is 1.04 bits per heavy atom. The van der Waals surface area contributed by atoms with E-state index in [1.165, 1.54) is 11.4 Å². The number of sulfonamides is 1. The Balaban J connectivity index is 2.29. The topological polar surface area (TPSA) is 63.7 Å². The number of ether oxygens (including phenoxy) is 1. The Morgan fingerprint density at radius 3 is 2.25 bits per heavy atom. The lowest BCUT2D eigenvalue weighted by Crippen LogP contribution is -2.32. The Morgan fingerprint density at radius 2 is 1.67 bits per heavy atom. The van der Waals surface area contributed by atoms with Crippen molar-refractivity contribution in [3.8, 4) is 0 Å². The first kappa shape index (κ1) is 18.2. The molecule has 2 rings (SSSR count). The predicted molar refractivity (Wildman–Crippen MR) is 91.8 cm³/mol. The molecule has 0 saturated heterocycles. The molecule has 0 N–H and O–H groups in total. The van der Waals surface area contributed by atoms with Crippen molar-refractivity contribution < 1.29 is 17.9 Å². The Bertz CT molecular complexity index is 770. The fraction of sp³-hybridized carbons (Fsp3) is 0.278. The normalized spacial score (nSPS) is 11.5. The summed E-state index contributed by atoms with van der Waals surface area (Å²) in [7, 11) is -2.40. The van der Waals surface area contributed by atoms with Gasteiger partial charge in [0.1, 0.15) is 0 Å². The first-order valence-corrected chi connectivity index (χ1v) is 9.05. The second-order valence-corrected chi connectivity index (χ2v) is 7.40. The van der Waals surface area contributed by atoms with Gasteiger partial charge in [-0.2, -0.15) is 4.31 Å². The number of hydrogen-bond acceptors (Lipinski definition) is 4. The molecule has 0 fully saturated rings. The van der Waals surface area contributed by atoms with Crippen LogP contribution in [0.3, 0.4) is 0 Å². The highest BCUT2D eigenvalue weighted by molar-refractivity contribution is 7.89. The van der Waals surface area contributed by atoms with E-state index in [0.717, 1.165) is 11.1 Å². The van der Waals surface area contributed by atoms with Gasteiger partial charge in [0.15, 0.2) is 0 Å². The molecule has 0 spiro atoms. The number of carbonyl (C=O) groups is 1. The number of hydrogen-bond donors (Lipinski definition) is 0. The van der Waals surface area contributed by atoms with Crippen molar-refractivity contribution in [1.29, 1.82) is 0 Å². The Hall–Kier alpha value is -2.18. The number of nitrogens with zero attached hydrogens (tertiary/aromatic N) is 1. The molecule has 2 aromatic rings. The van der Waals surface area contributed by atoms with Crippen LogP contribution in [0.1, 0.15) is 17.5 Å². The van der Waals surface area contributed by atoms with Crippen LogP contribution in [0.2, 0.25) is 0 Å². The summed E-state index contributed by atoms with van der Waals surface area (Å²) >= 11 is 0. The number of rotatable bonds is 7. The van der Waals surface area contributed by atoms with Crippen LogP contribution < -0.4 is 0 Å². The van der Waals surface area contributed by atoms with Crippen LogP contribution in [-0.2, 0) is 26.1 Å². The van der Waals surface area contributed by atoms with Crippen LogP contribution in [0, 0.1) is 6.92 Å². The quantitative estimate of drug-likeness (QED) is 0.723. The van der Waals surface area contributed by atoms with Gasteiger partial charge in [0.25, 0.3) is 0 Å². The Labute approximate surface area is 142 Å². The highest BCUT2D eigenvalue weighted by Gasteiger charge is 2.25. The average molecular weight is 347 g/mol. The standard InChI is InChI=1S/C18H21NO4S/c1-15-8-10-17(11-9-15)24(21,22)19(13-12-18(20)23-2)14-16-6-4-3-5-7-16/h3-11H,12-14H2,1-2H3. The number of esters is 1. The summed E-state index contributed by atoms with van der Waals surface area (Å²) in [5.74, 6) is -0.438. The van der Waals surface area contributed by atoms with E-state index in [-0.39, 0.29) is 24.4 Å². The van der Waals surface area contributed by atoms with E-state index in [2.05, 4.69) is 4.74 Å². The van der Waals surface area contributed by atoms with Crippen molar-refractivity contribution in [3.63, 3.8) is 0 Å². The average Bonchev–Trinajstić information content (AvgIpc) is 2.59. The fourth-order valence-corrected chi connectivity index (χ4v) is 3.68. The summed E-state index contributed by atoms with van der Waals surface area (Å²) in [6.45, 7) is 2.17. The zero-order chi connectivity index (χ0) is 17.6. The maximum atomic E-state index is 12.9. The molecule has 2 aromatic carbocycles. The van der Waals surface area contributed by atoms with Crippen molar-refractivity contribution in [3.05, 3.63) is 65.7 Å². The SMILES string of the molecule is COC(=O)CCN(Cc1ccccc1)S(=O)(=O)c1ccc(C)cc1. The van der Waals surface area contributed by atoms with E-state index in [4.69, 9.17) is 0 Å². The van der Waals surface area contributed by atoms with Gasteiger partial charge in [-0.1, -0.05) is 48.0 Å². The highest BCUT2D eigenvalue weighted by atomic mass is 32.2. The van der Waals surface area contributed by atoms with Crippen molar-refractivity contribution in [1.82, 2.24) is 4.31 Å². The first-order valence-electron chi connectivity index (χ1n) is 7.61. The molecule has 0 heterocycles. The number of carbonyl (C=O) groups excluding carboxylic acids is 1. The van der Waals surface area contributed by atoms with Gasteiger partial charge in [-0.3, -0.25) is 4.79 Å². The van der Waals surface area contributed by atoms with Gasteiger partial charge in [-0.15, -0.1) is 0 Å². The molecule has 0 aliphatic rings. The van der Waals surface area contributed by atoms with Crippen molar-refractivity contribution in [2.45, 2.75) is 24.8 Å². The first-order chi connectivity index (χ1) is 11.4. The van der Waals surface area contributed by atoms with Crippen molar-refractivity contribution in [2.24, 2.45) is 0 Å². The lowest BCUT2D eigenvalue weighted by atomic mass is 10.2. The van der Waals surface area contributed by atoms with Gasteiger partial charge in [-0.25, -0.2) is 8.42 Å². The third-order valence-electron chi connectivity index (χ3n) is 3.65. The highest BCUT2D eigenvalue weighted by Crippen LogP contribution is 2.19. The van der Waals surface area contributed by atoms with Gasteiger partial charge in [0, 0.05) is 13.1 Å². The largest absolute Gasteiger partial charge is 0.469 e. The number of benzene rings is 2. The summed E-state index contributed by atoms with van der Waals surface area (Å²) in [6.07, 6.45) is 0.00836. The smallest absolute Gasteiger partial charge is 0.306 e. The van der Waals surface area contributed by atoms with Crippen LogP contribution in [0.15, 0.2) is 59.5 Å². The van der Waals surface area contributed by atoms with Crippen LogP contribution >= 0.6 is 0 Å². The molecule has 0 saturated carbocycles. The van der Waals surface area contributed by atoms with Crippen molar-refractivity contribution in [2.75, 3.05) is 13.7 Å². The van der Waals surface area contributed by atoms with Crippen LogP contribution in [0.5, 0.6) is 0 Å². The minimum Gasteiger partial charge on any atom is -0.469 e. The van der Waals surface area contributed by atoms with Gasteiger partial charge >= 0.3 is 5.97 Å². The molecular formula is C18H21NO4S. The van der Waals surface area contributed by atoms with Gasteiger partial charge < -0.3 is 4.74 Å². The summed E-state index contributed by atoms with van der Waals surface area (Å²) in [5.41, 5.74) is 1.84. The molecule has 0 amide bonds. The fourth-order valence-electron chi connectivity index (χ4n) is 2.25. The summed E-state index contributed by atoms with van der Waals surface area (Å²) < 4.78 is 31.8. The minimum atomic E-state index is -3.69. The molecule has 0 atom stereocenters. The molecule has 24 heavy (non-hydrogen) atoms. The molecule has 5 nitrogen and oxygen atoms in total. The molecule has 0 bridgehead atoms. The maximum absolute atomic E-state index is 12.9. The summed E-state index contributed by atoms with van der Waals surface area (Å²) in [4.78, 5) is 11.6. The molecule has 0 radical (unpaired) electrons. The lowest BCUT2D eigenvalue weighted by molar-refractivity contribution is -0.140. The minimum absolute atomic E-state index is 0.00836. The summed E-state index contributed by atoms with van der Waals surface area (Å²) in [6, 6.07) is 16.0. The van der Waals surface area contributed by atoms with Gasteiger partial charge in [0.05, 0.1) is 18.4 Å². The van der Waals surface area contributed by atoms with E-state index in [1.807, 2.05) is 37.3 Å². The van der Waals surface area contributed by atoms with Crippen LogP contribution in [-0.4, -0.2) is 32.3 Å². The second-order valence-electron chi connectivity index (χ2n) is 5.46. The third kappa shape index (κ3) is 4.66. The molecule has 0 aliphatic heterocycles. The van der Waals surface area contributed by atoms with E-state index in [9.17, 15) is 13.2 Å². The molecule has 0 unspecified atom stereocenters. The Kier molecular flexibility index (Phi) is 6.11. The number of aryl methyl sites for hydroxylation is 1. The monoisotopic (exact) mass is 347 g/mol. The molecular weight excluding hydrogens is 326 g/mol. The predicted octanol–water partition coefficient (Wildman–Crippen LogP) is 2.75. The van der Waals surface area contributed by atoms with Crippen LogP contribution in [0.4, 0.5) is 0 Å². The van der Waals surface area contributed by atoms with E-state index in [1.54, 1.807) is 24.3 Å². The van der Waals surface area contributed by atoms with Gasteiger partial charge in [-0.05, 0) is 24.6 Å². The molecule has 0 aliphatic carbocycles. The van der Waals surface area contributed by atoms with Crippen LogP contribution in [0.25, 0.3) is 0 Å². The zero-order valence-corrected chi connectivity index (χ0v) is 14.6. The number of methoxy groups -OCH3 is 1. The molecule has 0 aromatic heterocycles. The molecule has 6 heteroatoms. The lowest BCUT2D eigenvalue weighted by Gasteiger charge is -2.22. The van der Waals surface area contributed by atoms with E-state index < -0.39 is 16.0 Å². The van der Waals surface area contributed by atoms with Crippen molar-refractivity contribution >= 4 is 16.0 Å². The zero-order valence-electron chi connectivity index (χ0n) is 13.8. The van der Waals surface area contributed by atoms with E-state index in [0.29, 0.717) is 0 Å². The summed E-state index contributed by atoms with van der Waals surface area (Å²) in [5, 5.41) is 0. The van der Waals surface area contributed by atoms with Gasteiger partial charge in [0.2, 0.25) is 10.0 Å². The second kappa shape index (κ2) is 8.08. The molecule has 128 valence electrons.